The van der Waals surface area contributed by atoms with Gasteiger partial charge in [0, 0.05) is 10.9 Å². The quantitative estimate of drug-likeness (QED) is 0.252. The average molecular weight is 572 g/mol. The monoisotopic (exact) mass is 571 g/mol. The molecule has 2 amide bonds. The highest BCUT2D eigenvalue weighted by Gasteiger charge is 2.33. The Bertz CT molecular complexity index is 1590. The van der Waals surface area contributed by atoms with Crippen molar-refractivity contribution < 1.29 is 36.7 Å². The van der Waals surface area contributed by atoms with E-state index in [0.29, 0.717) is 18.0 Å². The number of nitrogens with one attached hydrogen (secondary N) is 2. The van der Waals surface area contributed by atoms with Crippen LogP contribution in [0.4, 0.5) is 18.9 Å². The van der Waals surface area contributed by atoms with Crippen LogP contribution in [0, 0.1) is 0 Å². The highest BCUT2D eigenvalue weighted by Crippen LogP contribution is 2.37. The van der Waals surface area contributed by atoms with Gasteiger partial charge in [0.1, 0.15) is 28.8 Å². The zero-order chi connectivity index (χ0) is 29.9. The second-order valence-electron chi connectivity index (χ2n) is 9.04. The number of hydrogen-bond donors (Lipinski definition) is 3. The van der Waals surface area contributed by atoms with Gasteiger partial charge in [-0.15, -0.1) is 0 Å². The first-order chi connectivity index (χ1) is 19.4. The number of alkyl halides is 3. The Labute approximate surface area is 233 Å². The Morgan fingerprint density at radius 2 is 1.78 bits per heavy atom. The topological polar surface area (TPSA) is 142 Å². The molecule has 4 rings (SSSR count). The Kier molecular flexibility index (Phi) is 8.47. The van der Waals surface area contributed by atoms with Gasteiger partial charge in [-0.3, -0.25) is 9.59 Å². The van der Waals surface area contributed by atoms with E-state index in [1.54, 1.807) is 31.2 Å². The molecule has 10 nitrogen and oxygen atoms in total. The molecule has 4 aromatic rings. The largest absolute Gasteiger partial charge is 0.494 e. The minimum Gasteiger partial charge on any atom is -0.494 e. The Morgan fingerprint density at radius 3 is 2.44 bits per heavy atom. The van der Waals surface area contributed by atoms with Crippen LogP contribution < -0.4 is 25.8 Å². The molecular weight excluding hydrogens is 543 g/mol. The molecule has 0 radical (unpaired) electrons. The van der Waals surface area contributed by atoms with Gasteiger partial charge in [0.25, 0.3) is 5.91 Å². The third kappa shape index (κ3) is 6.24. The SMILES string of the molecule is CCOc1ccccc1NC(=O)[C@H](C)NC(=O)c1nc(-c2ccc(OC)c3nc(C(F)(F)F)ccc23)oc1[C@H](C)N. The van der Waals surface area contributed by atoms with Crippen molar-refractivity contribution in [3.8, 4) is 23.0 Å². The van der Waals surface area contributed by atoms with E-state index in [4.69, 9.17) is 19.6 Å². The van der Waals surface area contributed by atoms with Crippen molar-refractivity contribution in [2.45, 2.75) is 39.0 Å². The van der Waals surface area contributed by atoms with Crippen molar-refractivity contribution in [1.82, 2.24) is 15.3 Å². The summed E-state index contributed by atoms with van der Waals surface area (Å²) in [4.78, 5) is 34.1. The van der Waals surface area contributed by atoms with Crippen LogP contribution in [0.15, 0.2) is 52.9 Å². The normalized spacial score (nSPS) is 13.0. The fourth-order valence-electron chi connectivity index (χ4n) is 4.04. The number of para-hydroxylation sites is 2. The van der Waals surface area contributed by atoms with Gasteiger partial charge in [-0.25, -0.2) is 9.97 Å². The fourth-order valence-corrected chi connectivity index (χ4v) is 4.04. The number of benzene rings is 2. The minimum absolute atomic E-state index is 0.0237. The maximum absolute atomic E-state index is 13.3. The summed E-state index contributed by atoms with van der Waals surface area (Å²) in [6, 6.07) is 10.1. The first kappa shape index (κ1) is 29.3. The molecule has 0 aliphatic carbocycles. The molecule has 13 heteroatoms. The number of nitrogens with zero attached hydrogens (tertiary/aromatic N) is 2. The van der Waals surface area contributed by atoms with Gasteiger partial charge in [0.15, 0.2) is 11.5 Å². The molecule has 0 bridgehead atoms. The standard InChI is InChI=1S/C28H28F3N5O5/c1-5-40-19-9-7-6-8-18(19)34-25(37)15(3)33-26(38)23-24(14(2)32)41-27(36-23)17-10-12-20(39-4)22-16(17)11-13-21(35-22)28(29,30)31/h6-15H,5,32H2,1-4H3,(H,33,38)(H,34,37)/t14-,15-/m0/s1. The number of nitrogens with two attached hydrogens (primary N) is 1. The smallest absolute Gasteiger partial charge is 0.433 e. The number of fused-ring (bicyclic) bond motifs is 1. The first-order valence-electron chi connectivity index (χ1n) is 12.6. The summed E-state index contributed by atoms with van der Waals surface area (Å²) in [6.07, 6.45) is -4.67. The van der Waals surface area contributed by atoms with Crippen LogP contribution in [0.5, 0.6) is 11.5 Å². The number of pyridine rings is 1. The zero-order valence-electron chi connectivity index (χ0n) is 22.6. The van der Waals surface area contributed by atoms with Crippen molar-refractivity contribution in [1.29, 1.82) is 0 Å². The number of aromatic nitrogens is 2. The highest BCUT2D eigenvalue weighted by atomic mass is 19.4. The van der Waals surface area contributed by atoms with Gasteiger partial charge in [0.05, 0.1) is 25.4 Å². The van der Waals surface area contributed by atoms with Gasteiger partial charge in [0.2, 0.25) is 11.8 Å². The number of amides is 2. The van der Waals surface area contributed by atoms with E-state index in [2.05, 4.69) is 20.6 Å². The lowest BCUT2D eigenvalue weighted by Gasteiger charge is -2.16. The lowest BCUT2D eigenvalue weighted by Crippen LogP contribution is -2.42. The zero-order valence-corrected chi connectivity index (χ0v) is 22.6. The Hall–Kier alpha value is -4.65. The summed E-state index contributed by atoms with van der Waals surface area (Å²) in [7, 11) is 1.31. The maximum atomic E-state index is 13.3. The molecule has 0 spiro atoms. The number of rotatable bonds is 9. The van der Waals surface area contributed by atoms with Gasteiger partial charge < -0.3 is 30.3 Å². The predicted molar refractivity (Wildman–Crippen MR) is 145 cm³/mol. The molecule has 0 aliphatic rings. The molecule has 2 heterocycles. The molecule has 0 fully saturated rings. The second-order valence-corrected chi connectivity index (χ2v) is 9.04. The number of anilines is 1. The van der Waals surface area contributed by atoms with E-state index in [1.807, 2.05) is 6.92 Å². The van der Waals surface area contributed by atoms with Crippen molar-refractivity contribution in [3.63, 3.8) is 0 Å². The lowest BCUT2D eigenvalue weighted by molar-refractivity contribution is -0.141. The van der Waals surface area contributed by atoms with Gasteiger partial charge in [-0.05, 0) is 57.2 Å². The molecule has 2 atom stereocenters. The second kappa shape index (κ2) is 11.8. The van der Waals surface area contributed by atoms with Crippen molar-refractivity contribution >= 4 is 28.4 Å². The van der Waals surface area contributed by atoms with Gasteiger partial charge in [-0.1, -0.05) is 12.1 Å². The molecule has 0 aliphatic heterocycles. The predicted octanol–water partition coefficient (Wildman–Crippen LogP) is 5.09. The minimum atomic E-state index is -4.67. The number of methoxy groups -OCH3 is 1. The van der Waals surface area contributed by atoms with E-state index >= 15 is 0 Å². The van der Waals surface area contributed by atoms with Crippen LogP contribution in [0.3, 0.4) is 0 Å². The molecule has 4 N–H and O–H groups in total. The first-order valence-corrected chi connectivity index (χ1v) is 12.6. The van der Waals surface area contributed by atoms with Gasteiger partial charge in [-0.2, -0.15) is 13.2 Å². The van der Waals surface area contributed by atoms with Gasteiger partial charge >= 0.3 is 6.18 Å². The van der Waals surface area contributed by atoms with Crippen LogP contribution in [0.25, 0.3) is 22.4 Å². The van der Waals surface area contributed by atoms with Crippen molar-refractivity contribution in [3.05, 3.63) is 65.7 Å². The molecule has 41 heavy (non-hydrogen) atoms. The van der Waals surface area contributed by atoms with Crippen LogP contribution >= 0.6 is 0 Å². The number of carbonyl (C=O) groups excluding carboxylic acids is 2. The average Bonchev–Trinajstić information content (AvgIpc) is 3.38. The highest BCUT2D eigenvalue weighted by molar-refractivity contribution is 6.02. The third-order valence-electron chi connectivity index (χ3n) is 6.03. The van der Waals surface area contributed by atoms with Crippen LogP contribution in [-0.2, 0) is 11.0 Å². The van der Waals surface area contributed by atoms with E-state index in [1.165, 1.54) is 32.2 Å². The molecular formula is C28H28F3N5O5. The Balaban J connectivity index is 1.64. The maximum Gasteiger partial charge on any atom is 0.433 e. The fraction of sp³-hybridized carbons (Fsp3) is 0.286. The van der Waals surface area contributed by atoms with Crippen LogP contribution in [0.1, 0.15) is 48.8 Å². The third-order valence-corrected chi connectivity index (χ3v) is 6.03. The van der Waals surface area contributed by atoms with E-state index < -0.39 is 35.8 Å². The summed E-state index contributed by atoms with van der Waals surface area (Å²) in [6.45, 7) is 5.28. The summed E-state index contributed by atoms with van der Waals surface area (Å²) in [5.74, 6) is -0.703. The number of halogens is 3. The molecule has 2 aromatic carbocycles. The van der Waals surface area contributed by atoms with E-state index in [-0.39, 0.29) is 39.6 Å². The number of ether oxygens (including phenoxy) is 2. The summed E-state index contributed by atoms with van der Waals surface area (Å²) in [5, 5.41) is 5.55. The van der Waals surface area contributed by atoms with E-state index in [0.717, 1.165) is 6.07 Å². The molecule has 0 unspecified atom stereocenters. The molecule has 0 saturated carbocycles. The van der Waals surface area contributed by atoms with E-state index in [9.17, 15) is 22.8 Å². The van der Waals surface area contributed by atoms with Crippen molar-refractivity contribution in [2.75, 3.05) is 19.0 Å². The lowest BCUT2D eigenvalue weighted by atomic mass is 10.1. The van der Waals surface area contributed by atoms with Crippen LogP contribution in [-0.4, -0.2) is 41.5 Å². The van der Waals surface area contributed by atoms with Crippen molar-refractivity contribution in [2.24, 2.45) is 5.73 Å². The Morgan fingerprint density at radius 1 is 1.05 bits per heavy atom. The number of hydrogen-bond acceptors (Lipinski definition) is 8. The number of oxazole rings is 1. The number of carbonyl (C=O) groups is 2. The summed E-state index contributed by atoms with van der Waals surface area (Å²) < 4.78 is 56.5. The molecule has 0 saturated heterocycles. The molecule has 2 aromatic heterocycles. The molecule has 216 valence electrons. The summed E-state index contributed by atoms with van der Waals surface area (Å²) in [5.41, 5.74) is 5.41. The summed E-state index contributed by atoms with van der Waals surface area (Å²) >= 11 is 0. The van der Waals surface area contributed by atoms with Crippen LogP contribution in [0.2, 0.25) is 0 Å².